The second-order valence-electron chi connectivity index (χ2n) is 33.9. The monoisotopic (exact) mass is 1850 g/mol. The number of nitrogens with zero attached hydrogens (tertiary/aromatic N) is 21. The number of amides is 3. The summed E-state index contributed by atoms with van der Waals surface area (Å²) in [5.74, 6) is -1.56. The number of carboxylic acid groups (broad SMARTS) is 1. The first kappa shape index (κ1) is 87.4. The van der Waals surface area contributed by atoms with Gasteiger partial charge in [0.15, 0.2) is 13.5 Å². The number of rotatable bonds is 13. The van der Waals surface area contributed by atoms with Crippen molar-refractivity contribution in [1.29, 1.82) is 0 Å². The van der Waals surface area contributed by atoms with E-state index in [-0.39, 0.29) is 57.2 Å². The Labute approximate surface area is 732 Å². The van der Waals surface area contributed by atoms with Crippen LogP contribution in [0.5, 0.6) is 0 Å². The van der Waals surface area contributed by atoms with Gasteiger partial charge in [-0.2, -0.15) is 0 Å². The number of hydrogen-bond donors (Lipinski definition) is 4. The number of aromatic nitrogens is 16. The lowest BCUT2D eigenvalue weighted by atomic mass is 9.85. The average molecular weight is 1850 g/mol. The largest absolute Gasteiger partial charge is 0.476 e. The highest BCUT2D eigenvalue weighted by Gasteiger charge is 2.39. The number of aryl methyl sites for hydroxylation is 4. The third kappa shape index (κ3) is 21.8. The van der Waals surface area contributed by atoms with Crippen LogP contribution in [0.15, 0.2) is 106 Å². The summed E-state index contributed by atoms with van der Waals surface area (Å²) in [6.45, 7) is 27.6. The van der Waals surface area contributed by atoms with Gasteiger partial charge >= 0.3 is 17.9 Å². The average Bonchev–Trinajstić information content (AvgIpc) is 1.65. The van der Waals surface area contributed by atoms with E-state index in [0.717, 1.165) is 176 Å². The van der Waals surface area contributed by atoms with Gasteiger partial charge in [-0.3, -0.25) is 43.9 Å². The summed E-state index contributed by atoms with van der Waals surface area (Å²) in [4.78, 5) is 120. The van der Waals surface area contributed by atoms with Gasteiger partial charge in [0, 0.05) is 96.5 Å². The van der Waals surface area contributed by atoms with Crippen LogP contribution in [-0.4, -0.2) is 202 Å². The predicted molar refractivity (Wildman–Crippen MR) is 474 cm³/mol. The third-order valence-electron chi connectivity index (χ3n) is 21.7. The molecule has 12 aromatic rings. The normalized spacial score (nSPS) is 19.2. The molecule has 19 heterocycles. The lowest BCUT2D eigenvalue weighted by molar-refractivity contribution is -0.156. The Bertz CT molecular complexity index is 5570. The highest BCUT2D eigenvalue weighted by molar-refractivity contribution is 9.11. The van der Waals surface area contributed by atoms with E-state index < -0.39 is 11.6 Å². The van der Waals surface area contributed by atoms with E-state index in [0.29, 0.717) is 74.9 Å². The first-order valence-electron chi connectivity index (χ1n) is 40.6. The lowest BCUT2D eigenvalue weighted by Crippen LogP contribution is -2.36. The highest BCUT2D eigenvalue weighted by atomic mass is 79.9. The Morgan fingerprint density at radius 2 is 0.876 bits per heavy atom. The van der Waals surface area contributed by atoms with Gasteiger partial charge in [-0.05, 0) is 235 Å². The standard InChI is InChI=1S/C25H32N6O3S.C19H23N7OS.C13H10BrN5OS.C12H23NO2.C8H10N2.C5H2BrN3O2S/c1-24(2,3)34-20(32)9-10-25(4)11-14-29(16-25)23-28-31-15-18(27-22(31)35-23)21(33)30-13-6-7-17-19(30)8-5-12-26-17;1-19(11-20)6-9-24(12-19)18-23-26-10-14(22-17(26)28-18)16(27)25-8-3-4-13-15(25)5-2-7-21-13;14-12-17-19-7-9(16-13(19)21-12)11(20)18-6-2-3-8-10(18)4-1-5-15-8;1-11(2,3)15-10(14)5-6-12(4)7-8-13-9-12;1-3-7-8(9-5-1)4-2-6-10-7;6-4-8-9-1-2(3(10)11)7-5(9)12-4/h5,8,12,15H,6-7,9-11,13-14,16H2,1-4H3;2,5,7,10H,3-4,6,8-9,11-12,20H2,1H3;1,4-5,7H,2-3,6H2;13H,5-9H2,1-4H3;1,3,5,10H,2,4,6H2;1H,(H,10,11). The van der Waals surface area contributed by atoms with Crippen molar-refractivity contribution in [3.05, 3.63) is 151 Å². The second-order valence-corrected chi connectivity index (χ2v) is 40.2. The predicted octanol–water partition coefficient (Wildman–Crippen LogP) is 13.4. The molecule has 121 heavy (non-hydrogen) atoms. The number of nitrogens with two attached hydrogens (primary N) is 1. The van der Waals surface area contributed by atoms with Crippen LogP contribution in [0.4, 0.5) is 33.0 Å². The number of halogens is 2. The van der Waals surface area contributed by atoms with Crippen molar-refractivity contribution in [2.24, 2.45) is 22.0 Å². The summed E-state index contributed by atoms with van der Waals surface area (Å²) in [5.41, 5.74) is 14.8. The van der Waals surface area contributed by atoms with Gasteiger partial charge in [0.25, 0.3) is 17.7 Å². The maximum atomic E-state index is 13.2. The number of carbonyl (C=O) groups excluding carboxylic acids is 5. The maximum absolute atomic E-state index is 13.2. The zero-order chi connectivity index (χ0) is 85.5. The summed E-state index contributed by atoms with van der Waals surface area (Å²) in [7, 11) is 0. The lowest BCUT2D eigenvalue weighted by Gasteiger charge is -2.27. The fraction of sp³-hybridized carbons (Fsp3) is 0.488. The SMILES string of the molecule is CC1(CCC(=O)OC(C)(C)C)CCN(c2nn3cc(C(=O)N4CCCc5ncccc54)nc3s2)C1.CC1(CCC(=O)OC(C)(C)C)CCNC1.CC1(CN)CCN(c2nn3cc(C(=O)N4CCCc5ncccc54)nc3s2)C1.O=C(O)c1cn2nc(Br)sc2n1.O=C(c1cn2nc(Br)sc2n1)N1CCCc2ncccc21.c1cnc2c(c1)NCCC2. The van der Waals surface area contributed by atoms with Crippen molar-refractivity contribution < 1.29 is 43.3 Å². The zero-order valence-electron chi connectivity index (χ0n) is 69.2. The Kier molecular flexibility index (Phi) is 27.1. The molecular weight excluding hydrogens is 1750 g/mol. The molecule has 5 N–H and O–H groups in total. The van der Waals surface area contributed by atoms with Gasteiger partial charge in [-0.15, -0.1) is 20.4 Å². The fourth-order valence-corrected chi connectivity index (χ4v) is 19.6. The molecule has 3 amide bonds. The molecule has 0 aromatic carbocycles. The molecule has 0 bridgehead atoms. The number of anilines is 6. The number of pyridine rings is 4. The fourth-order valence-electron chi connectivity index (χ4n) is 15.3. The molecule has 12 aromatic heterocycles. The first-order valence-corrected chi connectivity index (χ1v) is 45.5. The van der Waals surface area contributed by atoms with Crippen molar-refractivity contribution in [2.75, 3.05) is 102 Å². The smallest absolute Gasteiger partial charge is 0.356 e. The molecule has 0 aliphatic carbocycles. The van der Waals surface area contributed by atoms with Gasteiger partial charge < -0.3 is 55.4 Å². The summed E-state index contributed by atoms with van der Waals surface area (Å²) in [6.07, 6.45) is 27.3. The van der Waals surface area contributed by atoms with Crippen molar-refractivity contribution in [3.8, 4) is 0 Å². The van der Waals surface area contributed by atoms with Crippen LogP contribution >= 0.6 is 77.2 Å². The molecule has 19 rings (SSSR count). The summed E-state index contributed by atoms with van der Waals surface area (Å²) >= 11 is 12.2. The molecule has 3 fully saturated rings. The van der Waals surface area contributed by atoms with Crippen LogP contribution in [0.25, 0.3) is 19.8 Å². The Morgan fingerprint density at radius 1 is 0.488 bits per heavy atom. The minimum atomic E-state index is -1.04. The van der Waals surface area contributed by atoms with Gasteiger partial charge in [0.1, 0.15) is 28.3 Å². The highest BCUT2D eigenvalue weighted by Crippen LogP contribution is 2.41. The van der Waals surface area contributed by atoms with E-state index in [2.05, 4.69) is 134 Å². The number of fused-ring (bicyclic) bond motifs is 8. The van der Waals surface area contributed by atoms with Gasteiger partial charge in [0.2, 0.25) is 30.1 Å². The first-order chi connectivity index (χ1) is 57.8. The minimum absolute atomic E-state index is 0.0150. The third-order valence-corrected chi connectivity index (χ3v) is 26.4. The molecule has 640 valence electrons. The molecule has 33 nitrogen and oxygen atoms in total. The van der Waals surface area contributed by atoms with E-state index in [9.17, 15) is 28.8 Å². The molecule has 0 saturated carbocycles. The molecular formula is C82H100Br2N24O9S4. The molecule has 0 spiro atoms. The van der Waals surface area contributed by atoms with E-state index in [1.807, 2.05) is 90.2 Å². The second kappa shape index (κ2) is 37.4. The van der Waals surface area contributed by atoms with Crippen LogP contribution in [0, 0.1) is 16.2 Å². The Balaban J connectivity index is 0.000000125. The minimum Gasteiger partial charge on any atom is -0.476 e. The quantitative estimate of drug-likeness (QED) is 0.0779. The zero-order valence-corrected chi connectivity index (χ0v) is 75.6. The van der Waals surface area contributed by atoms with Crippen LogP contribution < -0.4 is 40.9 Å². The van der Waals surface area contributed by atoms with E-state index in [1.54, 1.807) is 65.4 Å². The molecule has 3 saturated heterocycles. The molecule has 0 radical (unpaired) electrons. The summed E-state index contributed by atoms with van der Waals surface area (Å²) in [6, 6.07) is 15.5. The topological polar surface area (TPSA) is 380 Å². The van der Waals surface area contributed by atoms with E-state index in [1.165, 1.54) is 73.9 Å². The van der Waals surface area contributed by atoms with Crippen molar-refractivity contribution in [1.82, 2.24) is 83.6 Å². The van der Waals surface area contributed by atoms with Gasteiger partial charge in [-0.1, -0.05) is 66.1 Å². The maximum Gasteiger partial charge on any atom is 0.356 e. The van der Waals surface area contributed by atoms with Gasteiger partial charge in [-0.25, -0.2) is 42.8 Å². The van der Waals surface area contributed by atoms with Crippen LogP contribution in [-0.2, 0) is 44.7 Å². The molecule has 3 atom stereocenters. The van der Waals surface area contributed by atoms with Crippen molar-refractivity contribution in [2.45, 2.75) is 170 Å². The number of hydrogen-bond acceptors (Lipinski definition) is 29. The number of imidazole rings is 4. The summed E-state index contributed by atoms with van der Waals surface area (Å²) in [5, 5.41) is 34.6. The van der Waals surface area contributed by atoms with Crippen molar-refractivity contribution in [3.63, 3.8) is 0 Å². The summed E-state index contributed by atoms with van der Waals surface area (Å²) < 4.78 is 18.7. The molecule has 7 aliphatic rings. The number of nitrogens with one attached hydrogen (secondary N) is 2. The van der Waals surface area contributed by atoms with E-state index >= 15 is 0 Å². The number of carbonyl (C=O) groups is 6. The number of carboxylic acids is 1. The van der Waals surface area contributed by atoms with Crippen molar-refractivity contribution >= 4 is 166 Å². The molecule has 3 unspecified atom stereocenters. The Morgan fingerprint density at radius 3 is 1.27 bits per heavy atom. The van der Waals surface area contributed by atoms with Crippen LogP contribution in [0.3, 0.4) is 0 Å². The number of ether oxygens (including phenoxy) is 2. The van der Waals surface area contributed by atoms with Gasteiger partial charge in [0.05, 0.1) is 70.3 Å². The Hall–Kier alpha value is -9.90. The molecule has 39 heteroatoms. The van der Waals surface area contributed by atoms with E-state index in [4.69, 9.17) is 25.4 Å². The molecule has 7 aliphatic heterocycles. The van der Waals surface area contributed by atoms with Crippen LogP contribution in [0.1, 0.15) is 198 Å². The number of aromatic carboxylic acids is 1. The van der Waals surface area contributed by atoms with Crippen LogP contribution in [0.2, 0.25) is 0 Å². The number of esters is 2.